The van der Waals surface area contributed by atoms with Crippen LogP contribution >= 0.6 is 0 Å². The van der Waals surface area contributed by atoms with Crippen LogP contribution in [0.25, 0.3) is 0 Å². The maximum Gasteiger partial charge on any atom is 0.265 e. The van der Waals surface area contributed by atoms with Crippen LogP contribution < -0.4 is 14.4 Å². The summed E-state index contributed by atoms with van der Waals surface area (Å²) >= 11 is 0. The number of aromatic nitrogens is 1. The van der Waals surface area contributed by atoms with Crippen molar-refractivity contribution in [2.24, 2.45) is 11.8 Å². The van der Waals surface area contributed by atoms with Gasteiger partial charge in [-0.05, 0) is 54.3 Å². The van der Waals surface area contributed by atoms with Gasteiger partial charge in [-0.25, -0.2) is 4.39 Å². The Bertz CT molecular complexity index is 2060. The van der Waals surface area contributed by atoms with Gasteiger partial charge in [0.25, 0.3) is 5.88 Å². The van der Waals surface area contributed by atoms with E-state index >= 15 is 9.18 Å². The van der Waals surface area contributed by atoms with E-state index in [1.807, 2.05) is 79.4 Å². The largest absolute Gasteiger partial charge is 0.508 e. The predicted molar refractivity (Wildman–Crippen MR) is 204 cm³/mol. The second-order valence-electron chi connectivity index (χ2n) is 15.3. The predicted octanol–water partition coefficient (Wildman–Crippen LogP) is 7.94. The Labute approximate surface area is 320 Å². The number of fused-ring (bicyclic) bond motifs is 4. The molecule has 2 heterocycles. The Hall–Kier alpha value is -5.00. The van der Waals surface area contributed by atoms with Crippen LogP contribution in [0.3, 0.4) is 0 Å². The molecule has 4 aromatic rings. The highest BCUT2D eigenvalue weighted by atomic mass is 19.1. The summed E-state index contributed by atoms with van der Waals surface area (Å²) in [5, 5.41) is 29.0. The van der Waals surface area contributed by atoms with E-state index in [1.165, 1.54) is 6.07 Å². The number of likely N-dealkylation sites (tertiary alicyclic amines) is 1. The molecule has 10 nitrogen and oxygen atoms in total. The Kier molecular flexibility index (Phi) is 10.3. The van der Waals surface area contributed by atoms with E-state index in [0.29, 0.717) is 50.7 Å². The molecule has 1 aliphatic heterocycles. The zero-order chi connectivity index (χ0) is 38.3. The molecule has 0 amide bonds. The van der Waals surface area contributed by atoms with Gasteiger partial charge in [-0.3, -0.25) is 14.5 Å². The van der Waals surface area contributed by atoms with Crippen LogP contribution in [0.4, 0.5) is 10.1 Å². The topological polar surface area (TPSA) is 126 Å². The average molecular weight is 750 g/mol. The van der Waals surface area contributed by atoms with Crippen molar-refractivity contribution in [2.75, 3.05) is 31.2 Å². The molecule has 0 unspecified atom stereocenters. The van der Waals surface area contributed by atoms with Crippen molar-refractivity contribution in [2.45, 2.75) is 83.5 Å². The number of carbonyl (C=O) groups is 2. The second-order valence-corrected chi connectivity index (χ2v) is 15.3. The van der Waals surface area contributed by atoms with Crippen molar-refractivity contribution in [3.8, 4) is 11.6 Å². The number of rotatable bonds is 14. The first kappa shape index (κ1) is 36.9. The fraction of sp³-hybridized carbons (Fsp3) is 0.432. The number of nitrogens with zero attached hydrogens (tertiary/aromatic N) is 3. The lowest BCUT2D eigenvalue weighted by molar-refractivity contribution is -0.0744. The van der Waals surface area contributed by atoms with Gasteiger partial charge < -0.3 is 29.1 Å². The lowest BCUT2D eigenvalue weighted by Gasteiger charge is -2.52. The molecule has 4 atom stereocenters. The fourth-order valence-corrected chi connectivity index (χ4v) is 8.81. The molecule has 8 rings (SSSR count). The molecule has 2 N–H and O–H groups in total. The molecule has 3 aromatic carbocycles. The molecular formula is C44H48FN3O7. The number of benzene rings is 3. The summed E-state index contributed by atoms with van der Waals surface area (Å²) in [6, 6.07) is 20.5. The van der Waals surface area contributed by atoms with Crippen LogP contribution in [-0.4, -0.2) is 63.7 Å². The number of unbranched alkanes of at least 4 members (excludes halogenated alkanes) is 2. The zero-order valence-electron chi connectivity index (χ0n) is 31.4. The lowest BCUT2D eigenvalue weighted by atomic mass is 9.58. The standard InChI is InChI=1S/C44H48FN3O7/c1-3-5-20-53-39-33(48(25-27-14-9-7-10-15-27)26-28-16-11-8-12-17-28)24-32(45)30-22-29-23-31-37(47-18-13-19-47)40-36(43(46-55-40)54-21-6-4-2)42(51)44(31,52)41(50)34(29)38(49)35(30)39/h7-12,14-17,24,29,31,37,50,52H,3-6,13,18-23,25-26H2,1-2H3/t29-,31-,37-,44-/m0/s1. The number of Topliss-reactive ketones (excluding diaryl/α,β-unsaturated/α-hetero) is 2. The molecule has 1 saturated heterocycles. The smallest absolute Gasteiger partial charge is 0.265 e. The molecule has 1 fully saturated rings. The number of hydrogen-bond donors (Lipinski definition) is 2. The number of carbonyl (C=O) groups excluding carboxylic acids is 2. The first-order valence-corrected chi connectivity index (χ1v) is 19.7. The van der Waals surface area contributed by atoms with E-state index in [0.717, 1.165) is 36.8 Å². The third-order valence-electron chi connectivity index (χ3n) is 11.8. The number of aliphatic hydroxyl groups is 2. The summed E-state index contributed by atoms with van der Waals surface area (Å²) in [4.78, 5) is 33.7. The molecule has 0 spiro atoms. The third kappa shape index (κ3) is 6.40. The zero-order valence-corrected chi connectivity index (χ0v) is 31.4. The van der Waals surface area contributed by atoms with Crippen LogP contribution in [0.2, 0.25) is 0 Å². The number of anilines is 1. The summed E-state index contributed by atoms with van der Waals surface area (Å²) < 4.78 is 35.0. The van der Waals surface area contributed by atoms with Crippen molar-refractivity contribution in [3.63, 3.8) is 0 Å². The minimum absolute atomic E-state index is 0.00426. The lowest BCUT2D eigenvalue weighted by Crippen LogP contribution is -2.61. The monoisotopic (exact) mass is 749 g/mol. The molecule has 4 aliphatic rings. The van der Waals surface area contributed by atoms with Gasteiger partial charge in [0.1, 0.15) is 17.1 Å². The SMILES string of the molecule is CCCCOc1noc2c1C(=O)[C@@]1(O)C(O)=C3C(=O)c4c(c(F)cc(N(Cc5ccccc5)Cc5ccccc5)c4OCCCC)C[C@H]3C[C@H]1[C@@H]2N1CCC1. The van der Waals surface area contributed by atoms with Crippen molar-refractivity contribution in [1.82, 2.24) is 10.1 Å². The van der Waals surface area contributed by atoms with E-state index < -0.39 is 46.6 Å². The second kappa shape index (κ2) is 15.3. The Morgan fingerprint density at radius 1 is 0.945 bits per heavy atom. The van der Waals surface area contributed by atoms with E-state index in [-0.39, 0.29) is 53.3 Å². The van der Waals surface area contributed by atoms with E-state index in [2.05, 4.69) is 10.1 Å². The van der Waals surface area contributed by atoms with Crippen molar-refractivity contribution in [3.05, 3.63) is 117 Å². The van der Waals surface area contributed by atoms with Crippen LogP contribution in [0, 0.1) is 17.7 Å². The highest BCUT2D eigenvalue weighted by Gasteiger charge is 2.64. The molecule has 0 radical (unpaired) electrons. The van der Waals surface area contributed by atoms with E-state index in [1.54, 1.807) is 0 Å². The van der Waals surface area contributed by atoms with Crippen molar-refractivity contribution in [1.29, 1.82) is 0 Å². The summed E-state index contributed by atoms with van der Waals surface area (Å²) in [6.45, 7) is 6.83. The van der Waals surface area contributed by atoms with Gasteiger partial charge in [-0.15, -0.1) is 0 Å². The highest BCUT2D eigenvalue weighted by molar-refractivity contribution is 6.16. The maximum atomic E-state index is 16.8. The fourth-order valence-electron chi connectivity index (χ4n) is 8.81. The summed E-state index contributed by atoms with van der Waals surface area (Å²) in [6.07, 6.45) is 4.25. The number of hydrogen-bond acceptors (Lipinski definition) is 10. The Morgan fingerprint density at radius 2 is 1.58 bits per heavy atom. The normalized spacial score (nSPS) is 23.0. The minimum atomic E-state index is -2.45. The van der Waals surface area contributed by atoms with Crippen LogP contribution in [0.5, 0.6) is 11.6 Å². The molecule has 3 aliphatic carbocycles. The highest BCUT2D eigenvalue weighted by Crippen LogP contribution is 2.58. The van der Waals surface area contributed by atoms with E-state index in [4.69, 9.17) is 14.0 Å². The number of aliphatic hydroxyl groups excluding tert-OH is 1. The minimum Gasteiger partial charge on any atom is -0.508 e. The number of ketones is 2. The Morgan fingerprint density at radius 3 is 2.18 bits per heavy atom. The molecule has 0 saturated carbocycles. The van der Waals surface area contributed by atoms with Gasteiger partial charge in [-0.2, -0.15) is 0 Å². The molecule has 288 valence electrons. The quantitative estimate of drug-likeness (QED) is 0.123. The van der Waals surface area contributed by atoms with E-state index in [9.17, 15) is 15.0 Å². The molecule has 55 heavy (non-hydrogen) atoms. The number of allylic oxidation sites excluding steroid dienone is 1. The maximum absolute atomic E-state index is 16.8. The average Bonchev–Trinajstić information content (AvgIpc) is 3.59. The van der Waals surface area contributed by atoms with Gasteiger partial charge in [0.15, 0.2) is 22.9 Å². The van der Waals surface area contributed by atoms with Gasteiger partial charge in [0.2, 0.25) is 5.78 Å². The van der Waals surface area contributed by atoms with Gasteiger partial charge in [0, 0.05) is 49.3 Å². The first-order valence-electron chi connectivity index (χ1n) is 19.7. The van der Waals surface area contributed by atoms with Gasteiger partial charge in [0.05, 0.1) is 30.5 Å². The van der Waals surface area contributed by atoms with Crippen molar-refractivity contribution >= 4 is 17.3 Å². The molecule has 0 bridgehead atoms. The van der Waals surface area contributed by atoms with Crippen molar-refractivity contribution < 1.29 is 38.2 Å². The molecular weight excluding hydrogens is 701 g/mol. The van der Waals surface area contributed by atoms with Gasteiger partial charge in [-0.1, -0.05) is 87.4 Å². The third-order valence-corrected chi connectivity index (χ3v) is 11.8. The Balaban J connectivity index is 1.26. The molecule has 1 aromatic heterocycles. The van der Waals surface area contributed by atoms with Crippen LogP contribution in [0.1, 0.15) is 102 Å². The summed E-state index contributed by atoms with van der Waals surface area (Å²) in [5.41, 5.74) is 0.0839. The number of halogens is 1. The summed E-state index contributed by atoms with van der Waals surface area (Å²) in [5.74, 6) is -3.73. The van der Waals surface area contributed by atoms with Crippen LogP contribution in [0.15, 0.2) is 82.6 Å². The number of ether oxygens (including phenoxy) is 2. The molecule has 11 heteroatoms. The summed E-state index contributed by atoms with van der Waals surface area (Å²) in [7, 11) is 0. The van der Waals surface area contributed by atoms with Gasteiger partial charge >= 0.3 is 0 Å². The first-order chi connectivity index (χ1) is 26.8. The van der Waals surface area contributed by atoms with Crippen LogP contribution in [-0.2, 0) is 19.5 Å².